The molecule has 0 aliphatic heterocycles. The summed E-state index contributed by atoms with van der Waals surface area (Å²) in [6.45, 7) is 0.523. The first kappa shape index (κ1) is 33.4. The predicted octanol–water partition coefficient (Wildman–Crippen LogP) is 6.64. The molecule has 2 N–H and O–H groups in total. The minimum absolute atomic E-state index is 0.0674. The molecule has 0 heterocycles. The summed E-state index contributed by atoms with van der Waals surface area (Å²) in [5, 5.41) is 24.7. The van der Waals surface area contributed by atoms with Gasteiger partial charge in [0.05, 0.1) is 38.8 Å². The first-order chi connectivity index (χ1) is 22.9. The summed E-state index contributed by atoms with van der Waals surface area (Å²) < 4.78 is 22.1. The van der Waals surface area contributed by atoms with Crippen molar-refractivity contribution in [2.75, 3.05) is 38.1 Å². The van der Waals surface area contributed by atoms with Crippen molar-refractivity contribution in [3.05, 3.63) is 119 Å². The number of benzene rings is 4. The summed E-state index contributed by atoms with van der Waals surface area (Å²) >= 11 is 0. The minimum atomic E-state index is -0.570. The third-order valence-corrected chi connectivity index (χ3v) is 6.66. The maximum absolute atomic E-state index is 12.9. The van der Waals surface area contributed by atoms with Gasteiger partial charge >= 0.3 is 0 Å². The molecule has 10 nitrogen and oxygen atoms in total. The summed E-state index contributed by atoms with van der Waals surface area (Å²) in [7, 11) is 3.12. The molecule has 0 bridgehead atoms. The fraction of sp³-hybridized carbons (Fsp3) is 0.135. The Balaban J connectivity index is 1.31. The van der Waals surface area contributed by atoms with E-state index in [9.17, 15) is 20.1 Å². The fourth-order valence-electron chi connectivity index (χ4n) is 4.22. The Hall–Kier alpha value is -6.52. The molecule has 236 valence electrons. The van der Waals surface area contributed by atoms with E-state index in [1.807, 2.05) is 12.1 Å². The van der Waals surface area contributed by atoms with E-state index < -0.39 is 11.8 Å². The smallest absolute Gasteiger partial charge is 0.266 e. The van der Waals surface area contributed by atoms with Crippen molar-refractivity contribution in [3.63, 3.8) is 0 Å². The summed E-state index contributed by atoms with van der Waals surface area (Å²) in [6, 6.07) is 31.7. The van der Waals surface area contributed by atoms with Crippen LogP contribution in [0.25, 0.3) is 12.2 Å². The molecular weight excluding hydrogens is 596 g/mol. The van der Waals surface area contributed by atoms with Crippen LogP contribution in [0.15, 0.2) is 108 Å². The molecule has 0 aromatic heterocycles. The van der Waals surface area contributed by atoms with Crippen LogP contribution < -0.4 is 29.6 Å². The number of anilines is 2. The van der Waals surface area contributed by atoms with Gasteiger partial charge < -0.3 is 29.6 Å². The second kappa shape index (κ2) is 17.1. The number of ether oxygens (including phenoxy) is 4. The quantitative estimate of drug-likeness (QED) is 0.0899. The molecule has 0 spiro atoms. The van der Waals surface area contributed by atoms with E-state index in [1.165, 1.54) is 12.2 Å². The van der Waals surface area contributed by atoms with E-state index in [1.54, 1.807) is 111 Å². The lowest BCUT2D eigenvalue weighted by atomic mass is 10.1. The van der Waals surface area contributed by atoms with Crippen molar-refractivity contribution in [3.8, 4) is 35.1 Å². The molecule has 4 aromatic rings. The maximum Gasteiger partial charge on any atom is 0.266 e. The van der Waals surface area contributed by atoms with Gasteiger partial charge in [-0.05, 0) is 71.8 Å². The van der Waals surface area contributed by atoms with E-state index in [4.69, 9.17) is 18.9 Å². The average Bonchev–Trinajstić information content (AvgIpc) is 3.11. The zero-order chi connectivity index (χ0) is 33.4. The highest BCUT2D eigenvalue weighted by atomic mass is 16.5. The van der Waals surface area contributed by atoms with Gasteiger partial charge in [0, 0.05) is 6.42 Å². The third kappa shape index (κ3) is 9.73. The Kier molecular flexibility index (Phi) is 12.1. The molecule has 0 saturated carbocycles. The molecule has 0 saturated heterocycles. The van der Waals surface area contributed by atoms with Gasteiger partial charge in [-0.2, -0.15) is 10.5 Å². The van der Waals surface area contributed by atoms with Gasteiger partial charge in [0.25, 0.3) is 11.8 Å². The fourth-order valence-corrected chi connectivity index (χ4v) is 4.22. The van der Waals surface area contributed by atoms with Crippen LogP contribution in [0, 0.1) is 22.7 Å². The molecule has 0 unspecified atom stereocenters. The number of carbonyl (C=O) groups excluding carboxylic acids is 2. The van der Waals surface area contributed by atoms with Gasteiger partial charge in [-0.1, -0.05) is 48.5 Å². The molecule has 4 rings (SSSR count). The van der Waals surface area contributed by atoms with E-state index in [2.05, 4.69) is 10.6 Å². The molecule has 0 fully saturated rings. The number of hydrogen-bond donors (Lipinski definition) is 2. The minimum Gasteiger partial charge on any atom is -0.497 e. The number of carbonyl (C=O) groups is 2. The lowest BCUT2D eigenvalue weighted by molar-refractivity contribution is -0.113. The van der Waals surface area contributed by atoms with E-state index in [0.29, 0.717) is 51.9 Å². The first-order valence-corrected chi connectivity index (χ1v) is 14.5. The van der Waals surface area contributed by atoms with Crippen LogP contribution >= 0.6 is 0 Å². The van der Waals surface area contributed by atoms with Crippen LogP contribution in [0.2, 0.25) is 0 Å². The van der Waals surface area contributed by atoms with E-state index in [-0.39, 0.29) is 24.4 Å². The van der Waals surface area contributed by atoms with Gasteiger partial charge in [-0.15, -0.1) is 0 Å². The van der Waals surface area contributed by atoms with Crippen molar-refractivity contribution in [2.24, 2.45) is 0 Å². The summed E-state index contributed by atoms with van der Waals surface area (Å²) in [6.07, 6.45) is 3.47. The van der Waals surface area contributed by atoms with Crippen LogP contribution in [0.3, 0.4) is 0 Å². The highest BCUT2D eigenvalue weighted by Gasteiger charge is 2.14. The van der Waals surface area contributed by atoms with Crippen molar-refractivity contribution in [2.45, 2.75) is 6.42 Å². The number of nitrogens with one attached hydrogen (secondary N) is 2. The Morgan fingerprint density at radius 1 is 0.617 bits per heavy atom. The van der Waals surface area contributed by atoms with Crippen molar-refractivity contribution in [1.29, 1.82) is 10.5 Å². The normalized spacial score (nSPS) is 11.0. The van der Waals surface area contributed by atoms with Gasteiger partial charge in [-0.3, -0.25) is 9.59 Å². The van der Waals surface area contributed by atoms with Crippen molar-refractivity contribution in [1.82, 2.24) is 0 Å². The van der Waals surface area contributed by atoms with Crippen LogP contribution in [0.4, 0.5) is 11.4 Å². The number of amides is 2. The van der Waals surface area contributed by atoms with Crippen LogP contribution in [-0.4, -0.2) is 39.2 Å². The zero-order valence-electron chi connectivity index (χ0n) is 25.9. The molecular formula is C37H32N4O6. The highest BCUT2D eigenvalue weighted by molar-refractivity contribution is 6.11. The molecule has 0 aliphatic rings. The van der Waals surface area contributed by atoms with Gasteiger partial charge in [0.15, 0.2) is 0 Å². The summed E-state index contributed by atoms with van der Waals surface area (Å²) in [5.74, 6) is 1.06. The van der Waals surface area contributed by atoms with Crippen molar-refractivity contribution < 1.29 is 28.5 Å². The number of hydrogen-bond acceptors (Lipinski definition) is 8. The largest absolute Gasteiger partial charge is 0.497 e. The highest BCUT2D eigenvalue weighted by Crippen LogP contribution is 2.27. The van der Waals surface area contributed by atoms with Gasteiger partial charge in [0.1, 0.15) is 46.3 Å². The summed E-state index contributed by atoms with van der Waals surface area (Å²) in [4.78, 5) is 25.8. The predicted molar refractivity (Wildman–Crippen MR) is 179 cm³/mol. The number of nitriles is 2. The molecule has 10 heteroatoms. The molecule has 0 radical (unpaired) electrons. The lowest BCUT2D eigenvalue weighted by Crippen LogP contribution is -2.15. The zero-order valence-corrected chi connectivity index (χ0v) is 25.9. The first-order valence-electron chi connectivity index (χ1n) is 14.5. The number of rotatable bonds is 14. The Morgan fingerprint density at radius 3 is 1.36 bits per heavy atom. The second-order valence-electron chi connectivity index (χ2n) is 9.84. The van der Waals surface area contributed by atoms with Gasteiger partial charge in [-0.25, -0.2) is 0 Å². The second-order valence-corrected chi connectivity index (χ2v) is 9.84. The molecule has 4 aromatic carbocycles. The van der Waals surface area contributed by atoms with E-state index in [0.717, 1.165) is 0 Å². The van der Waals surface area contributed by atoms with Crippen LogP contribution in [0.1, 0.15) is 17.5 Å². The number of methoxy groups -OCH3 is 2. The van der Waals surface area contributed by atoms with Gasteiger partial charge in [0.2, 0.25) is 0 Å². The SMILES string of the molecule is COc1ccc(/C=C(/C#N)C(=O)Nc2ccccc2OCCCOc2ccccc2NC(=O)/C(C#N)=C/c2ccc(OC)cc2)cc1. The molecule has 47 heavy (non-hydrogen) atoms. The Morgan fingerprint density at radius 2 is 1.00 bits per heavy atom. The number of para-hydroxylation sites is 4. The Bertz CT molecular complexity index is 1700. The third-order valence-electron chi connectivity index (χ3n) is 6.66. The average molecular weight is 629 g/mol. The molecule has 0 atom stereocenters. The van der Waals surface area contributed by atoms with Crippen LogP contribution in [-0.2, 0) is 9.59 Å². The van der Waals surface area contributed by atoms with Crippen LogP contribution in [0.5, 0.6) is 23.0 Å². The molecule has 0 aliphatic carbocycles. The summed E-state index contributed by atoms with van der Waals surface area (Å²) in [5.41, 5.74) is 2.05. The Labute approximate surface area is 273 Å². The van der Waals surface area contributed by atoms with E-state index >= 15 is 0 Å². The number of nitrogens with zero attached hydrogens (tertiary/aromatic N) is 2. The standard InChI is InChI=1S/C37H32N4O6/c1-44-30-16-12-26(13-17-30)22-28(24-38)36(42)40-32-8-3-5-10-34(32)46-20-7-21-47-35-11-6-4-9-33(35)41-37(43)29(25-39)23-27-14-18-31(45-2)19-15-27/h3-6,8-19,22-23H,7,20-21H2,1-2H3,(H,40,42)(H,41,43)/b28-22-,29-23+. The maximum atomic E-state index is 12.9. The monoisotopic (exact) mass is 628 g/mol. The van der Waals surface area contributed by atoms with Crippen molar-refractivity contribution >= 4 is 35.3 Å². The topological polar surface area (TPSA) is 143 Å². The molecule has 2 amide bonds. The lowest BCUT2D eigenvalue weighted by Gasteiger charge is -2.14.